The van der Waals surface area contributed by atoms with Crippen molar-refractivity contribution < 1.29 is 0 Å². The van der Waals surface area contributed by atoms with E-state index in [1.165, 1.54) is 36.3 Å². The van der Waals surface area contributed by atoms with Crippen LogP contribution in [0.3, 0.4) is 0 Å². The van der Waals surface area contributed by atoms with Crippen molar-refractivity contribution in [2.45, 2.75) is 44.8 Å². The number of nitrogens with one attached hydrogen (secondary N) is 1. The zero-order valence-corrected chi connectivity index (χ0v) is 13.0. The van der Waals surface area contributed by atoms with E-state index in [4.69, 9.17) is 0 Å². The van der Waals surface area contributed by atoms with Gasteiger partial charge in [0.1, 0.15) is 0 Å². The van der Waals surface area contributed by atoms with E-state index in [0.717, 1.165) is 12.6 Å². The van der Waals surface area contributed by atoms with Crippen LogP contribution in [0.25, 0.3) is 0 Å². The lowest BCUT2D eigenvalue weighted by Gasteiger charge is -2.30. The van der Waals surface area contributed by atoms with Gasteiger partial charge >= 0.3 is 0 Å². The second kappa shape index (κ2) is 7.15. The molecule has 1 N–H and O–H groups in total. The Labute approximate surface area is 121 Å². The molecule has 0 saturated heterocycles. The van der Waals surface area contributed by atoms with Crippen molar-refractivity contribution >= 4 is 17.4 Å². The van der Waals surface area contributed by atoms with E-state index in [-0.39, 0.29) is 0 Å². The summed E-state index contributed by atoms with van der Waals surface area (Å²) in [5.74, 6) is 1.17. The largest absolute Gasteiger partial charge is 0.370 e. The fourth-order valence-electron chi connectivity index (χ4n) is 2.33. The van der Waals surface area contributed by atoms with E-state index < -0.39 is 0 Å². The third-order valence-electron chi connectivity index (χ3n) is 3.79. The van der Waals surface area contributed by atoms with Crippen molar-refractivity contribution in [2.24, 2.45) is 0 Å². The molecule has 4 heteroatoms. The fraction of sp³-hybridized carbons (Fsp3) is 0.667. The molecule has 1 aliphatic carbocycles. The van der Waals surface area contributed by atoms with Crippen LogP contribution in [0.5, 0.6) is 0 Å². The molecule has 2 rings (SSSR count). The van der Waals surface area contributed by atoms with E-state index in [2.05, 4.69) is 41.5 Å². The first-order chi connectivity index (χ1) is 9.26. The number of thioether (sulfide) groups is 1. The molecule has 1 heterocycles. The van der Waals surface area contributed by atoms with Gasteiger partial charge in [0, 0.05) is 55.1 Å². The highest BCUT2D eigenvalue weighted by Crippen LogP contribution is 2.24. The Morgan fingerprint density at radius 3 is 2.95 bits per heavy atom. The van der Waals surface area contributed by atoms with Crippen LogP contribution in [0.2, 0.25) is 0 Å². The summed E-state index contributed by atoms with van der Waals surface area (Å²) in [7, 11) is 2.21. The van der Waals surface area contributed by atoms with Gasteiger partial charge in [-0.15, -0.1) is 0 Å². The molecule has 19 heavy (non-hydrogen) atoms. The van der Waals surface area contributed by atoms with Gasteiger partial charge in [-0.2, -0.15) is 11.8 Å². The normalized spacial score (nSPS) is 16.4. The van der Waals surface area contributed by atoms with Crippen molar-refractivity contribution in [3.8, 4) is 0 Å². The van der Waals surface area contributed by atoms with E-state index in [9.17, 15) is 0 Å². The monoisotopic (exact) mass is 279 g/mol. The molecule has 1 unspecified atom stereocenters. The lowest BCUT2D eigenvalue weighted by Crippen LogP contribution is -2.34. The molecule has 3 nitrogen and oxygen atoms in total. The fourth-order valence-corrected chi connectivity index (χ4v) is 3.18. The van der Waals surface area contributed by atoms with Crippen molar-refractivity contribution in [2.75, 3.05) is 24.0 Å². The van der Waals surface area contributed by atoms with Crippen molar-refractivity contribution in [1.29, 1.82) is 0 Å². The van der Waals surface area contributed by atoms with Crippen molar-refractivity contribution in [3.63, 3.8) is 0 Å². The Morgan fingerprint density at radius 2 is 2.32 bits per heavy atom. The molecule has 0 bridgehead atoms. The molecule has 0 spiro atoms. The number of hydrogen-bond donors (Lipinski definition) is 1. The van der Waals surface area contributed by atoms with Crippen molar-refractivity contribution in [3.05, 3.63) is 24.0 Å². The van der Waals surface area contributed by atoms with E-state index in [1.807, 2.05) is 24.2 Å². The number of pyridine rings is 1. The van der Waals surface area contributed by atoms with Gasteiger partial charge in [-0.1, -0.05) is 6.92 Å². The Balaban J connectivity index is 2.07. The van der Waals surface area contributed by atoms with Gasteiger partial charge in [0.2, 0.25) is 0 Å². The zero-order valence-electron chi connectivity index (χ0n) is 12.2. The van der Waals surface area contributed by atoms with Gasteiger partial charge < -0.3 is 10.2 Å². The van der Waals surface area contributed by atoms with Crippen molar-refractivity contribution in [1.82, 2.24) is 10.3 Å². The van der Waals surface area contributed by atoms with Crippen LogP contribution in [0.1, 0.15) is 31.7 Å². The maximum atomic E-state index is 4.29. The first kappa shape index (κ1) is 14.7. The number of nitrogens with zero attached hydrogens (tertiary/aromatic N) is 2. The highest BCUT2D eigenvalue weighted by molar-refractivity contribution is 7.98. The summed E-state index contributed by atoms with van der Waals surface area (Å²) in [6.45, 7) is 3.20. The lowest BCUT2D eigenvalue weighted by atomic mass is 10.1. The summed E-state index contributed by atoms with van der Waals surface area (Å²) in [5, 5.41) is 3.59. The molecule has 1 aromatic rings. The third-order valence-corrected chi connectivity index (χ3v) is 4.51. The Kier molecular flexibility index (Phi) is 5.52. The van der Waals surface area contributed by atoms with Crippen LogP contribution in [-0.2, 0) is 6.54 Å². The van der Waals surface area contributed by atoms with Crippen LogP contribution < -0.4 is 10.2 Å². The number of aromatic nitrogens is 1. The molecule has 1 aliphatic rings. The Hall–Kier alpha value is -0.740. The minimum absolute atomic E-state index is 0.595. The van der Waals surface area contributed by atoms with Crippen LogP contribution in [0, 0.1) is 0 Å². The van der Waals surface area contributed by atoms with Crippen LogP contribution in [0.15, 0.2) is 18.5 Å². The average molecular weight is 279 g/mol. The smallest absolute Gasteiger partial charge is 0.0443 e. The summed E-state index contributed by atoms with van der Waals surface area (Å²) >= 11 is 1.92. The minimum Gasteiger partial charge on any atom is -0.370 e. The average Bonchev–Trinajstić information content (AvgIpc) is 3.26. The predicted molar refractivity (Wildman–Crippen MR) is 85.0 cm³/mol. The van der Waals surface area contributed by atoms with Gasteiger partial charge in [0.25, 0.3) is 0 Å². The molecular weight excluding hydrogens is 254 g/mol. The maximum absolute atomic E-state index is 4.29. The van der Waals surface area contributed by atoms with E-state index in [0.29, 0.717) is 6.04 Å². The SMILES string of the molecule is CCC(CSC)N(C)c1ccncc1CNC1CC1. The third kappa shape index (κ3) is 4.11. The highest BCUT2D eigenvalue weighted by atomic mass is 32.2. The van der Waals surface area contributed by atoms with Gasteiger partial charge in [-0.05, 0) is 31.6 Å². The van der Waals surface area contributed by atoms with Gasteiger partial charge in [0.05, 0.1) is 0 Å². The van der Waals surface area contributed by atoms with Crippen LogP contribution >= 0.6 is 11.8 Å². The zero-order chi connectivity index (χ0) is 13.7. The summed E-state index contributed by atoms with van der Waals surface area (Å²) in [6, 6.07) is 3.48. The van der Waals surface area contributed by atoms with Gasteiger partial charge in [0.15, 0.2) is 0 Å². The number of anilines is 1. The summed E-state index contributed by atoms with van der Waals surface area (Å²) < 4.78 is 0. The molecule has 0 amide bonds. The first-order valence-corrected chi connectivity index (χ1v) is 8.53. The predicted octanol–water partition coefficient (Wildman–Crippen LogP) is 2.91. The molecular formula is C15H25N3S. The minimum atomic E-state index is 0.595. The molecule has 0 aromatic carbocycles. The molecule has 106 valence electrons. The topological polar surface area (TPSA) is 28.2 Å². The second-order valence-corrected chi connectivity index (χ2v) is 6.20. The molecule has 1 atom stereocenters. The number of hydrogen-bond acceptors (Lipinski definition) is 4. The summed E-state index contributed by atoms with van der Waals surface area (Å²) in [5.41, 5.74) is 2.64. The lowest BCUT2D eigenvalue weighted by molar-refractivity contribution is 0.654. The second-order valence-electron chi connectivity index (χ2n) is 5.29. The van der Waals surface area contributed by atoms with Gasteiger partial charge in [-0.3, -0.25) is 4.98 Å². The van der Waals surface area contributed by atoms with Crippen LogP contribution in [0.4, 0.5) is 5.69 Å². The van der Waals surface area contributed by atoms with Gasteiger partial charge in [-0.25, -0.2) is 0 Å². The molecule has 0 radical (unpaired) electrons. The highest BCUT2D eigenvalue weighted by Gasteiger charge is 2.21. The van der Waals surface area contributed by atoms with E-state index in [1.54, 1.807) is 0 Å². The quantitative estimate of drug-likeness (QED) is 0.792. The molecule has 1 aromatic heterocycles. The standard InChI is InChI=1S/C15H25N3S/c1-4-14(11-19-3)18(2)15-7-8-16-9-12(15)10-17-13-5-6-13/h7-9,13-14,17H,4-6,10-11H2,1-3H3. The Morgan fingerprint density at radius 1 is 1.53 bits per heavy atom. The molecule has 0 aliphatic heterocycles. The first-order valence-electron chi connectivity index (χ1n) is 7.14. The van der Waals surface area contributed by atoms with E-state index >= 15 is 0 Å². The summed E-state index contributed by atoms with van der Waals surface area (Å²) in [4.78, 5) is 6.70. The summed E-state index contributed by atoms with van der Waals surface area (Å²) in [6.07, 6.45) is 9.92. The molecule has 1 saturated carbocycles. The van der Waals surface area contributed by atoms with Crippen LogP contribution in [-0.4, -0.2) is 36.1 Å². The molecule has 1 fully saturated rings. The maximum Gasteiger partial charge on any atom is 0.0443 e. The number of rotatable bonds is 8. The Bertz CT molecular complexity index is 393.